The zero-order valence-corrected chi connectivity index (χ0v) is 22.4. The molecule has 0 spiro atoms. The minimum Gasteiger partial charge on any atom is -0.480 e. The van der Waals surface area contributed by atoms with Gasteiger partial charge in [-0.3, -0.25) is 0 Å². The average Bonchev–Trinajstić information content (AvgIpc) is 2.70. The first-order valence-corrected chi connectivity index (χ1v) is 13.0. The Morgan fingerprint density at radius 3 is 1.97 bits per heavy atom. The van der Waals surface area contributed by atoms with Gasteiger partial charge in [-0.05, 0) is 90.2 Å². The highest BCUT2D eigenvalue weighted by Gasteiger charge is 2.39. The lowest BCUT2D eigenvalue weighted by molar-refractivity contribution is -0.157. The molecule has 3 aromatic rings. The SMILES string of the molecule is CC(C)(C)OC(=O)COc1c(I)cc([S+]2c3ccccc3Oc3ccccc32)cc1I. The van der Waals surface area contributed by atoms with Crippen molar-refractivity contribution in [1.29, 1.82) is 0 Å². The van der Waals surface area contributed by atoms with E-state index in [2.05, 4.69) is 69.4 Å². The summed E-state index contributed by atoms with van der Waals surface area (Å²) in [6, 6.07) is 20.6. The van der Waals surface area contributed by atoms with E-state index in [0.29, 0.717) is 5.75 Å². The highest BCUT2D eigenvalue weighted by molar-refractivity contribution is 14.1. The Kier molecular flexibility index (Phi) is 6.73. The monoisotopic (exact) mass is 659 g/mol. The molecule has 0 fully saturated rings. The number of para-hydroxylation sites is 2. The van der Waals surface area contributed by atoms with Gasteiger partial charge in [-0.15, -0.1) is 0 Å². The second-order valence-corrected chi connectivity index (χ2v) is 12.2. The molecular formula is C24H21I2O4S+. The number of fused-ring (bicyclic) bond motifs is 2. The summed E-state index contributed by atoms with van der Waals surface area (Å²) in [4.78, 5) is 15.6. The van der Waals surface area contributed by atoms with Gasteiger partial charge >= 0.3 is 5.97 Å². The number of hydrogen-bond acceptors (Lipinski definition) is 4. The molecule has 4 nitrogen and oxygen atoms in total. The highest BCUT2D eigenvalue weighted by Crippen LogP contribution is 2.47. The van der Waals surface area contributed by atoms with Gasteiger partial charge in [0.2, 0.25) is 9.79 Å². The van der Waals surface area contributed by atoms with Crippen molar-refractivity contribution in [1.82, 2.24) is 0 Å². The van der Waals surface area contributed by atoms with E-state index in [0.717, 1.165) is 28.4 Å². The van der Waals surface area contributed by atoms with Gasteiger partial charge in [0.1, 0.15) is 22.2 Å². The molecule has 160 valence electrons. The van der Waals surface area contributed by atoms with Crippen molar-refractivity contribution in [2.24, 2.45) is 0 Å². The number of hydrogen-bond donors (Lipinski definition) is 0. The van der Waals surface area contributed by atoms with Crippen LogP contribution in [-0.4, -0.2) is 18.2 Å². The van der Waals surface area contributed by atoms with Crippen LogP contribution in [0.25, 0.3) is 0 Å². The van der Waals surface area contributed by atoms with Crippen LogP contribution < -0.4 is 9.47 Å². The molecule has 0 aromatic heterocycles. The average molecular weight is 659 g/mol. The summed E-state index contributed by atoms with van der Waals surface area (Å²) >= 11 is 4.55. The fourth-order valence-electron chi connectivity index (χ4n) is 3.19. The minimum atomic E-state index is -0.532. The van der Waals surface area contributed by atoms with Crippen molar-refractivity contribution >= 4 is 62.0 Å². The van der Waals surface area contributed by atoms with E-state index in [4.69, 9.17) is 14.2 Å². The number of halogens is 2. The van der Waals surface area contributed by atoms with Crippen LogP contribution in [0.2, 0.25) is 0 Å². The Labute approximate surface area is 212 Å². The number of ether oxygens (including phenoxy) is 3. The Morgan fingerprint density at radius 2 is 1.45 bits per heavy atom. The molecule has 0 amide bonds. The van der Waals surface area contributed by atoms with Crippen molar-refractivity contribution in [2.45, 2.75) is 41.1 Å². The van der Waals surface area contributed by atoms with Gasteiger partial charge in [-0.2, -0.15) is 0 Å². The number of carbonyl (C=O) groups is 1. The van der Waals surface area contributed by atoms with Crippen LogP contribution in [0.1, 0.15) is 20.8 Å². The number of esters is 1. The quantitative estimate of drug-likeness (QED) is 0.137. The van der Waals surface area contributed by atoms with Crippen molar-refractivity contribution in [3.8, 4) is 17.2 Å². The molecule has 0 radical (unpaired) electrons. The first kappa shape index (κ1) is 22.7. The Morgan fingerprint density at radius 1 is 0.935 bits per heavy atom. The van der Waals surface area contributed by atoms with Crippen LogP contribution in [0.15, 0.2) is 75.4 Å². The Bertz CT molecular complexity index is 1070. The summed E-state index contributed by atoms with van der Waals surface area (Å²) in [6.45, 7) is 5.42. The molecule has 7 heteroatoms. The van der Waals surface area contributed by atoms with E-state index in [1.165, 1.54) is 4.90 Å². The first-order chi connectivity index (χ1) is 14.7. The summed E-state index contributed by atoms with van der Waals surface area (Å²) in [5.74, 6) is 2.10. The van der Waals surface area contributed by atoms with Crippen molar-refractivity contribution < 1.29 is 19.0 Å². The third kappa shape index (κ3) is 5.14. The van der Waals surface area contributed by atoms with E-state index in [1.54, 1.807) is 0 Å². The van der Waals surface area contributed by atoms with Crippen LogP contribution in [0.3, 0.4) is 0 Å². The minimum absolute atomic E-state index is 0.117. The van der Waals surface area contributed by atoms with E-state index >= 15 is 0 Å². The maximum atomic E-state index is 12.1. The Hall–Kier alpha value is -1.46. The summed E-state index contributed by atoms with van der Waals surface area (Å²) in [6.07, 6.45) is 0. The normalized spacial score (nSPS) is 13.1. The Balaban J connectivity index is 1.67. The van der Waals surface area contributed by atoms with E-state index in [1.807, 2.05) is 57.2 Å². The predicted molar refractivity (Wildman–Crippen MR) is 138 cm³/mol. The van der Waals surface area contributed by atoms with Gasteiger partial charge in [0, 0.05) is 12.1 Å². The standard InChI is InChI=1S/C24H21I2O4S/c1-24(2,3)30-22(27)14-28-23-16(25)12-15(13-17(23)26)31-20-10-6-4-8-18(20)29-19-9-5-7-11-21(19)31/h4-13H,14H2,1-3H3/q+1. The molecule has 0 aliphatic carbocycles. The summed E-state index contributed by atoms with van der Waals surface area (Å²) in [5.41, 5.74) is -0.532. The zero-order chi connectivity index (χ0) is 22.2. The van der Waals surface area contributed by atoms with Gasteiger partial charge in [-0.25, -0.2) is 4.79 Å². The molecule has 1 heterocycles. The third-order valence-corrected chi connectivity index (χ3v) is 8.18. The molecule has 0 unspecified atom stereocenters. The predicted octanol–water partition coefficient (Wildman–Crippen LogP) is 6.82. The molecule has 0 saturated carbocycles. The van der Waals surface area contributed by atoms with Crippen LogP contribution in [0.5, 0.6) is 17.2 Å². The molecule has 1 aliphatic heterocycles. The van der Waals surface area contributed by atoms with Crippen LogP contribution in [0.4, 0.5) is 0 Å². The number of carbonyl (C=O) groups excluding carboxylic acids is 1. The van der Waals surface area contributed by atoms with Gasteiger partial charge in [0.05, 0.1) is 7.14 Å². The fraction of sp³-hybridized carbons (Fsp3) is 0.208. The van der Waals surface area contributed by atoms with Gasteiger partial charge in [0.25, 0.3) is 0 Å². The fourth-order valence-corrected chi connectivity index (χ4v) is 7.96. The number of rotatable bonds is 4. The molecule has 3 aromatic carbocycles. The van der Waals surface area contributed by atoms with Crippen molar-refractivity contribution in [2.75, 3.05) is 6.61 Å². The van der Waals surface area contributed by atoms with Gasteiger partial charge in [0.15, 0.2) is 23.0 Å². The van der Waals surface area contributed by atoms with Gasteiger partial charge in [-0.1, -0.05) is 24.3 Å². The van der Waals surface area contributed by atoms with Crippen LogP contribution >= 0.6 is 45.2 Å². The van der Waals surface area contributed by atoms with Crippen molar-refractivity contribution in [3.05, 3.63) is 67.8 Å². The second-order valence-electron chi connectivity index (χ2n) is 7.89. The topological polar surface area (TPSA) is 44.8 Å². The maximum Gasteiger partial charge on any atom is 0.344 e. The summed E-state index contributed by atoms with van der Waals surface area (Å²) in [7, 11) is -0.295. The van der Waals surface area contributed by atoms with Crippen LogP contribution in [-0.2, 0) is 20.4 Å². The lowest BCUT2D eigenvalue weighted by Crippen LogP contribution is -2.27. The first-order valence-electron chi connectivity index (χ1n) is 9.67. The van der Waals surface area contributed by atoms with E-state index in [9.17, 15) is 4.79 Å². The molecular weight excluding hydrogens is 638 g/mol. The van der Waals surface area contributed by atoms with Crippen LogP contribution in [0, 0.1) is 7.14 Å². The molecule has 31 heavy (non-hydrogen) atoms. The molecule has 1 aliphatic rings. The second kappa shape index (κ2) is 9.19. The van der Waals surface area contributed by atoms with Gasteiger partial charge < -0.3 is 14.2 Å². The van der Waals surface area contributed by atoms with Crippen molar-refractivity contribution in [3.63, 3.8) is 0 Å². The largest absolute Gasteiger partial charge is 0.480 e. The molecule has 0 saturated heterocycles. The molecule has 0 atom stereocenters. The molecule has 4 rings (SSSR count). The van der Waals surface area contributed by atoms with E-state index < -0.39 is 5.60 Å². The lowest BCUT2D eigenvalue weighted by Gasteiger charge is -2.21. The zero-order valence-electron chi connectivity index (χ0n) is 17.3. The summed E-state index contributed by atoms with van der Waals surface area (Å²) in [5, 5.41) is 0. The van der Waals surface area contributed by atoms with E-state index in [-0.39, 0.29) is 23.5 Å². The smallest absolute Gasteiger partial charge is 0.344 e. The number of benzene rings is 3. The third-order valence-electron chi connectivity index (χ3n) is 4.32. The molecule has 0 bridgehead atoms. The summed E-state index contributed by atoms with van der Waals surface area (Å²) < 4.78 is 19.3. The lowest BCUT2D eigenvalue weighted by atomic mass is 10.2. The molecule has 0 N–H and O–H groups in total. The highest BCUT2D eigenvalue weighted by atomic mass is 127. The maximum absolute atomic E-state index is 12.1.